The second-order valence-corrected chi connectivity index (χ2v) is 9.17. The van der Waals surface area contributed by atoms with Crippen molar-refractivity contribution in [2.45, 2.75) is 37.5 Å². The number of carbonyl (C=O) groups is 1. The van der Waals surface area contributed by atoms with Crippen LogP contribution in [0, 0.1) is 42.7 Å². The SMILES string of the molecule is Cc1cc(C)nc(C(C#N)C(=O)C2CCN(S(=O)(=O)c3ccc(F)c(F)c3)CC2)n1. The molecule has 0 radical (unpaired) electrons. The zero-order chi connectivity index (χ0) is 22.1. The Kier molecular flexibility index (Phi) is 6.24. The van der Waals surface area contributed by atoms with Crippen LogP contribution in [0.15, 0.2) is 29.2 Å². The monoisotopic (exact) mass is 434 g/mol. The van der Waals surface area contributed by atoms with Gasteiger partial charge in [-0.1, -0.05) is 0 Å². The number of ketones is 1. The van der Waals surface area contributed by atoms with Crippen molar-refractivity contribution in [3.63, 3.8) is 0 Å². The van der Waals surface area contributed by atoms with Crippen LogP contribution in [0.3, 0.4) is 0 Å². The molecule has 1 unspecified atom stereocenters. The third kappa shape index (κ3) is 4.37. The zero-order valence-electron chi connectivity index (χ0n) is 16.5. The molecule has 1 aromatic heterocycles. The highest BCUT2D eigenvalue weighted by Crippen LogP contribution is 2.28. The molecule has 0 amide bonds. The average molecular weight is 434 g/mol. The summed E-state index contributed by atoms with van der Waals surface area (Å²) in [7, 11) is -4.01. The van der Waals surface area contributed by atoms with E-state index in [1.807, 2.05) is 6.07 Å². The number of hydrogen-bond donors (Lipinski definition) is 0. The van der Waals surface area contributed by atoms with Gasteiger partial charge >= 0.3 is 0 Å². The summed E-state index contributed by atoms with van der Waals surface area (Å²) in [5.74, 6) is -4.21. The van der Waals surface area contributed by atoms with Crippen LogP contribution in [-0.2, 0) is 14.8 Å². The molecular weight excluding hydrogens is 414 g/mol. The molecule has 0 N–H and O–H groups in total. The normalized spacial score (nSPS) is 16.8. The van der Waals surface area contributed by atoms with Crippen LogP contribution in [0.1, 0.15) is 36.0 Å². The molecule has 3 rings (SSSR count). The van der Waals surface area contributed by atoms with Gasteiger partial charge < -0.3 is 0 Å². The van der Waals surface area contributed by atoms with Crippen molar-refractivity contribution in [1.29, 1.82) is 5.26 Å². The van der Waals surface area contributed by atoms with Gasteiger partial charge in [0.1, 0.15) is 0 Å². The molecule has 1 saturated heterocycles. The Labute approximate surface area is 173 Å². The fourth-order valence-electron chi connectivity index (χ4n) is 3.53. The van der Waals surface area contributed by atoms with Gasteiger partial charge in [-0.25, -0.2) is 27.2 Å². The predicted octanol–water partition coefficient (Wildman–Crippen LogP) is 2.65. The molecule has 0 spiro atoms. The highest BCUT2D eigenvalue weighted by molar-refractivity contribution is 7.89. The molecule has 30 heavy (non-hydrogen) atoms. The molecule has 10 heteroatoms. The van der Waals surface area contributed by atoms with Crippen LogP contribution in [0.2, 0.25) is 0 Å². The summed E-state index contributed by atoms with van der Waals surface area (Å²) in [4.78, 5) is 21.0. The van der Waals surface area contributed by atoms with Gasteiger partial charge in [-0.2, -0.15) is 9.57 Å². The van der Waals surface area contributed by atoms with E-state index in [0.29, 0.717) is 17.5 Å². The second kappa shape index (κ2) is 8.53. The fourth-order valence-corrected chi connectivity index (χ4v) is 5.02. The molecular formula is C20H20F2N4O3S. The molecule has 1 aliphatic rings. The molecule has 158 valence electrons. The maximum absolute atomic E-state index is 13.4. The number of aromatic nitrogens is 2. The Morgan fingerprint density at radius 3 is 2.27 bits per heavy atom. The molecule has 1 atom stereocenters. The molecule has 2 heterocycles. The number of nitrogens with zero attached hydrogens (tertiary/aromatic N) is 4. The van der Waals surface area contributed by atoms with Crippen LogP contribution in [0.4, 0.5) is 8.78 Å². The number of benzene rings is 1. The van der Waals surface area contributed by atoms with Gasteiger partial charge in [0.2, 0.25) is 10.0 Å². The smallest absolute Gasteiger partial charge is 0.243 e. The molecule has 1 aliphatic heterocycles. The lowest BCUT2D eigenvalue weighted by Crippen LogP contribution is -2.41. The van der Waals surface area contributed by atoms with Crippen molar-refractivity contribution in [2.75, 3.05) is 13.1 Å². The van der Waals surface area contributed by atoms with Gasteiger partial charge in [0.15, 0.2) is 29.2 Å². The van der Waals surface area contributed by atoms with E-state index in [-0.39, 0.29) is 42.4 Å². The number of nitriles is 1. The van der Waals surface area contributed by atoms with E-state index < -0.39 is 33.5 Å². The van der Waals surface area contributed by atoms with Crippen molar-refractivity contribution < 1.29 is 22.0 Å². The number of hydrogen-bond acceptors (Lipinski definition) is 6. The summed E-state index contributed by atoms with van der Waals surface area (Å²) in [5, 5.41) is 9.52. The van der Waals surface area contributed by atoms with Gasteiger partial charge in [0.25, 0.3) is 0 Å². The Morgan fingerprint density at radius 2 is 1.73 bits per heavy atom. The summed E-state index contributed by atoms with van der Waals surface area (Å²) in [6, 6.07) is 6.12. The molecule has 1 fully saturated rings. The van der Waals surface area contributed by atoms with Gasteiger partial charge in [0.05, 0.1) is 11.0 Å². The van der Waals surface area contributed by atoms with E-state index in [2.05, 4.69) is 9.97 Å². The minimum absolute atomic E-state index is 0.0313. The standard InChI is InChI=1S/C20H20F2N4O3S/c1-12-9-13(2)25-20(24-12)16(11-23)19(27)14-5-7-26(8-6-14)30(28,29)15-3-4-17(21)18(22)10-15/h3-4,9-10,14,16H,5-8H2,1-2H3. The fraction of sp³-hybridized carbons (Fsp3) is 0.400. The van der Waals surface area contributed by atoms with Crippen molar-refractivity contribution in [3.8, 4) is 6.07 Å². The van der Waals surface area contributed by atoms with E-state index in [1.54, 1.807) is 19.9 Å². The third-order valence-corrected chi connectivity index (χ3v) is 6.95. The summed E-state index contributed by atoms with van der Waals surface area (Å²) in [5.41, 5.74) is 1.30. The van der Waals surface area contributed by atoms with E-state index >= 15 is 0 Å². The lowest BCUT2D eigenvalue weighted by molar-refractivity contribution is -0.124. The van der Waals surface area contributed by atoms with E-state index in [0.717, 1.165) is 16.4 Å². The predicted molar refractivity (Wildman–Crippen MR) is 103 cm³/mol. The van der Waals surface area contributed by atoms with Crippen molar-refractivity contribution in [2.24, 2.45) is 5.92 Å². The maximum atomic E-state index is 13.4. The van der Waals surface area contributed by atoms with Crippen molar-refractivity contribution >= 4 is 15.8 Å². The molecule has 1 aromatic carbocycles. The van der Waals surface area contributed by atoms with Crippen LogP contribution < -0.4 is 0 Å². The summed E-state index contributed by atoms with van der Waals surface area (Å²) in [6.07, 6.45) is 0.426. The lowest BCUT2D eigenvalue weighted by atomic mass is 9.86. The van der Waals surface area contributed by atoms with Crippen LogP contribution in [0.5, 0.6) is 0 Å². The van der Waals surface area contributed by atoms with Crippen molar-refractivity contribution in [1.82, 2.24) is 14.3 Å². The summed E-state index contributed by atoms with van der Waals surface area (Å²) in [6.45, 7) is 3.56. The first-order valence-corrected chi connectivity index (χ1v) is 10.8. The Balaban J connectivity index is 1.73. The second-order valence-electron chi connectivity index (χ2n) is 7.23. The van der Waals surface area contributed by atoms with E-state index in [1.165, 1.54) is 0 Å². The Hall–Kier alpha value is -2.77. The number of halogens is 2. The van der Waals surface area contributed by atoms with Crippen molar-refractivity contribution in [3.05, 3.63) is 53.1 Å². The van der Waals surface area contributed by atoms with Gasteiger partial charge in [-0.3, -0.25) is 4.79 Å². The van der Waals surface area contributed by atoms with E-state index in [9.17, 15) is 27.3 Å². The van der Waals surface area contributed by atoms with Crippen LogP contribution in [0.25, 0.3) is 0 Å². The van der Waals surface area contributed by atoms with Gasteiger partial charge in [-0.05, 0) is 51.0 Å². The first-order chi connectivity index (χ1) is 14.1. The minimum Gasteiger partial charge on any atom is -0.297 e. The minimum atomic E-state index is -4.01. The Morgan fingerprint density at radius 1 is 1.13 bits per heavy atom. The van der Waals surface area contributed by atoms with Gasteiger partial charge in [-0.15, -0.1) is 0 Å². The maximum Gasteiger partial charge on any atom is 0.243 e. The number of Topliss-reactive ketones (excluding diaryl/α,β-unsaturated/α-hetero) is 1. The van der Waals surface area contributed by atoms with E-state index in [4.69, 9.17) is 0 Å². The number of rotatable bonds is 5. The first-order valence-electron chi connectivity index (χ1n) is 9.34. The highest BCUT2D eigenvalue weighted by Gasteiger charge is 2.36. The van der Waals surface area contributed by atoms with Crippen LogP contribution in [-0.4, -0.2) is 41.6 Å². The highest BCUT2D eigenvalue weighted by atomic mass is 32.2. The largest absolute Gasteiger partial charge is 0.297 e. The van der Waals surface area contributed by atoms with Gasteiger partial charge in [0, 0.05) is 30.4 Å². The van der Waals surface area contributed by atoms with Crippen LogP contribution >= 0.6 is 0 Å². The first kappa shape index (κ1) is 21.9. The molecule has 2 aromatic rings. The molecule has 0 bridgehead atoms. The Bertz CT molecular complexity index is 1100. The lowest BCUT2D eigenvalue weighted by Gasteiger charge is -2.31. The zero-order valence-corrected chi connectivity index (χ0v) is 17.3. The average Bonchev–Trinajstić information content (AvgIpc) is 2.70. The molecule has 0 saturated carbocycles. The quantitative estimate of drug-likeness (QED) is 0.717. The number of aryl methyl sites for hydroxylation is 2. The third-order valence-electron chi connectivity index (χ3n) is 5.06. The summed E-state index contributed by atoms with van der Waals surface area (Å²) < 4.78 is 53.1. The number of piperidine rings is 1. The molecule has 7 nitrogen and oxygen atoms in total. The molecule has 0 aliphatic carbocycles. The number of sulfonamides is 1. The topological polar surface area (TPSA) is 104 Å². The number of carbonyl (C=O) groups excluding carboxylic acids is 1. The summed E-state index contributed by atoms with van der Waals surface area (Å²) >= 11 is 0.